The highest BCUT2D eigenvalue weighted by atomic mass is 16.5. The largest absolute Gasteiger partial charge is 0.496 e. The number of aliphatic imine (C=N–C) groups is 1. The van der Waals surface area contributed by atoms with Crippen LogP contribution in [0.3, 0.4) is 0 Å². The van der Waals surface area contributed by atoms with E-state index >= 15 is 0 Å². The molecule has 3 nitrogen and oxygen atoms in total. The van der Waals surface area contributed by atoms with E-state index in [1.807, 2.05) is 24.3 Å². The molecule has 84 valence electrons. The number of rotatable bonds is 3. The van der Waals surface area contributed by atoms with Crippen molar-refractivity contribution in [1.29, 1.82) is 0 Å². The van der Waals surface area contributed by atoms with Gasteiger partial charge in [0.1, 0.15) is 11.3 Å². The summed E-state index contributed by atoms with van der Waals surface area (Å²) in [5, 5.41) is 0. The maximum atomic E-state index is 10.6. The van der Waals surface area contributed by atoms with Gasteiger partial charge in [-0.15, -0.1) is 0 Å². The van der Waals surface area contributed by atoms with Crippen molar-refractivity contribution in [3.63, 3.8) is 0 Å². The number of methoxy groups -OCH3 is 1. The molecule has 0 atom stereocenters. The Morgan fingerprint density at radius 2 is 2.00 bits per heavy atom. The maximum absolute atomic E-state index is 10.6. The molecule has 0 aliphatic heterocycles. The number of ether oxygens (including phenoxy) is 1. The van der Waals surface area contributed by atoms with E-state index in [2.05, 4.69) is 4.99 Å². The Morgan fingerprint density at radius 1 is 1.31 bits per heavy atom. The van der Waals surface area contributed by atoms with Gasteiger partial charge in [0.25, 0.3) is 0 Å². The van der Waals surface area contributed by atoms with Gasteiger partial charge in [-0.05, 0) is 18.9 Å². The lowest BCUT2D eigenvalue weighted by Crippen LogP contribution is -2.19. The van der Waals surface area contributed by atoms with Crippen LogP contribution in [0, 0.1) is 0 Å². The van der Waals surface area contributed by atoms with Crippen molar-refractivity contribution in [3.05, 3.63) is 29.8 Å². The molecule has 1 aromatic carbocycles. The molecule has 3 heteroatoms. The van der Waals surface area contributed by atoms with Gasteiger partial charge in [0.15, 0.2) is 0 Å². The number of benzene rings is 1. The van der Waals surface area contributed by atoms with Crippen molar-refractivity contribution in [2.75, 3.05) is 7.11 Å². The minimum absolute atomic E-state index is 0.394. The molecular formula is C13H15NO2. The second-order valence-corrected chi connectivity index (χ2v) is 4.14. The predicted octanol–water partition coefficient (Wildman–Crippen LogP) is 2.80. The van der Waals surface area contributed by atoms with Crippen LogP contribution in [0.2, 0.25) is 0 Å². The normalized spacial score (nSPS) is 17.8. The summed E-state index contributed by atoms with van der Waals surface area (Å²) in [7, 11) is 1.64. The van der Waals surface area contributed by atoms with Crippen LogP contribution in [0.25, 0.3) is 0 Å². The van der Waals surface area contributed by atoms with Gasteiger partial charge in [-0.3, -0.25) is 0 Å². The van der Waals surface area contributed by atoms with E-state index in [4.69, 9.17) is 4.74 Å². The van der Waals surface area contributed by atoms with Crippen molar-refractivity contribution in [1.82, 2.24) is 0 Å². The third-order valence-electron chi connectivity index (χ3n) is 3.30. The quantitative estimate of drug-likeness (QED) is 0.576. The van der Waals surface area contributed by atoms with Crippen LogP contribution >= 0.6 is 0 Å². The lowest BCUT2D eigenvalue weighted by Gasteiger charge is -2.24. The fourth-order valence-electron chi connectivity index (χ4n) is 2.52. The van der Waals surface area contributed by atoms with Crippen LogP contribution in [0.1, 0.15) is 31.2 Å². The Morgan fingerprint density at radius 3 is 2.62 bits per heavy atom. The van der Waals surface area contributed by atoms with Gasteiger partial charge in [-0.25, -0.2) is 4.79 Å². The van der Waals surface area contributed by atoms with E-state index in [1.165, 1.54) is 0 Å². The zero-order valence-corrected chi connectivity index (χ0v) is 9.40. The van der Waals surface area contributed by atoms with Crippen molar-refractivity contribution in [3.8, 4) is 5.75 Å². The average Bonchev–Trinajstić information content (AvgIpc) is 2.79. The molecule has 0 radical (unpaired) electrons. The lowest BCUT2D eigenvalue weighted by molar-refractivity contribution is 0.379. The molecule has 0 N–H and O–H groups in total. The van der Waals surface area contributed by atoms with Gasteiger partial charge in [-0.2, -0.15) is 4.99 Å². The third kappa shape index (κ3) is 1.74. The maximum Gasteiger partial charge on any atom is 0.235 e. The van der Waals surface area contributed by atoms with Crippen LogP contribution in [0.4, 0.5) is 0 Å². The van der Waals surface area contributed by atoms with Crippen LogP contribution in [-0.4, -0.2) is 13.2 Å². The first-order chi connectivity index (χ1) is 7.82. The van der Waals surface area contributed by atoms with Gasteiger partial charge >= 0.3 is 0 Å². The van der Waals surface area contributed by atoms with Gasteiger partial charge in [0.2, 0.25) is 6.08 Å². The molecule has 1 aliphatic rings. The molecule has 0 bridgehead atoms. The SMILES string of the molecule is COc1ccccc1C1(N=C=O)CCCC1. The molecule has 1 saturated carbocycles. The fourth-order valence-corrected chi connectivity index (χ4v) is 2.52. The monoisotopic (exact) mass is 217 g/mol. The van der Waals surface area contributed by atoms with E-state index in [0.29, 0.717) is 0 Å². The zero-order valence-electron chi connectivity index (χ0n) is 9.40. The number of carbonyl (C=O) groups excluding carboxylic acids is 1. The number of hydrogen-bond acceptors (Lipinski definition) is 3. The fraction of sp³-hybridized carbons (Fsp3) is 0.462. The molecule has 1 fully saturated rings. The molecule has 0 unspecified atom stereocenters. The average molecular weight is 217 g/mol. The molecule has 16 heavy (non-hydrogen) atoms. The van der Waals surface area contributed by atoms with E-state index in [0.717, 1.165) is 37.0 Å². The summed E-state index contributed by atoms with van der Waals surface area (Å²) < 4.78 is 5.34. The molecule has 0 saturated heterocycles. The highest BCUT2D eigenvalue weighted by Crippen LogP contribution is 2.45. The first-order valence-corrected chi connectivity index (χ1v) is 5.55. The molecule has 2 rings (SSSR count). The van der Waals surface area contributed by atoms with Gasteiger partial charge in [0, 0.05) is 5.56 Å². The molecule has 0 spiro atoms. The van der Waals surface area contributed by atoms with E-state index < -0.39 is 5.54 Å². The summed E-state index contributed by atoms with van der Waals surface area (Å²) in [6.45, 7) is 0. The molecule has 0 heterocycles. The molecule has 0 aromatic heterocycles. The predicted molar refractivity (Wildman–Crippen MR) is 61.3 cm³/mol. The second kappa shape index (κ2) is 4.50. The van der Waals surface area contributed by atoms with Gasteiger partial charge < -0.3 is 4.74 Å². The van der Waals surface area contributed by atoms with E-state index in [-0.39, 0.29) is 0 Å². The summed E-state index contributed by atoms with van der Waals surface area (Å²) in [6, 6.07) is 7.79. The van der Waals surface area contributed by atoms with E-state index in [9.17, 15) is 4.79 Å². The third-order valence-corrected chi connectivity index (χ3v) is 3.30. The molecular weight excluding hydrogens is 202 g/mol. The van der Waals surface area contributed by atoms with Gasteiger partial charge in [-0.1, -0.05) is 31.0 Å². The number of nitrogens with zero attached hydrogens (tertiary/aromatic N) is 1. The van der Waals surface area contributed by atoms with Gasteiger partial charge in [0.05, 0.1) is 7.11 Å². The Labute approximate surface area is 95.2 Å². The number of para-hydroxylation sites is 1. The molecule has 1 aromatic rings. The first kappa shape index (κ1) is 10.9. The van der Waals surface area contributed by atoms with Crippen LogP contribution in [0.15, 0.2) is 29.3 Å². The summed E-state index contributed by atoms with van der Waals surface area (Å²) >= 11 is 0. The zero-order chi connectivity index (χ0) is 11.4. The smallest absolute Gasteiger partial charge is 0.235 e. The van der Waals surface area contributed by atoms with Crippen molar-refractivity contribution in [2.45, 2.75) is 31.2 Å². The Kier molecular flexibility index (Phi) is 3.07. The molecule has 1 aliphatic carbocycles. The minimum atomic E-state index is -0.394. The highest BCUT2D eigenvalue weighted by Gasteiger charge is 2.37. The number of isocyanates is 1. The summed E-state index contributed by atoms with van der Waals surface area (Å²) in [5.41, 5.74) is 0.618. The molecule has 0 amide bonds. The standard InChI is InChI=1S/C13H15NO2/c1-16-12-7-3-2-6-11(12)13(14-10-15)8-4-5-9-13/h2-3,6-7H,4-5,8-9H2,1H3. The van der Waals surface area contributed by atoms with Crippen molar-refractivity contribution >= 4 is 6.08 Å². The number of hydrogen-bond donors (Lipinski definition) is 0. The van der Waals surface area contributed by atoms with Crippen LogP contribution in [-0.2, 0) is 10.3 Å². The Balaban J connectivity index is 2.50. The topological polar surface area (TPSA) is 38.7 Å². The van der Waals surface area contributed by atoms with E-state index in [1.54, 1.807) is 13.2 Å². The summed E-state index contributed by atoms with van der Waals surface area (Å²) in [6.07, 6.45) is 5.73. The van der Waals surface area contributed by atoms with Crippen LogP contribution < -0.4 is 4.74 Å². The summed E-state index contributed by atoms with van der Waals surface area (Å²) in [4.78, 5) is 14.7. The highest BCUT2D eigenvalue weighted by molar-refractivity contribution is 5.44. The summed E-state index contributed by atoms with van der Waals surface area (Å²) in [5.74, 6) is 0.809. The second-order valence-electron chi connectivity index (χ2n) is 4.14. The minimum Gasteiger partial charge on any atom is -0.496 e. The first-order valence-electron chi connectivity index (χ1n) is 5.55. The van der Waals surface area contributed by atoms with Crippen LogP contribution in [0.5, 0.6) is 5.75 Å². The van der Waals surface area contributed by atoms with Crippen molar-refractivity contribution < 1.29 is 9.53 Å². The Bertz CT molecular complexity index is 416. The van der Waals surface area contributed by atoms with Crippen molar-refractivity contribution in [2.24, 2.45) is 4.99 Å². The Hall–Kier alpha value is -1.60. The lowest BCUT2D eigenvalue weighted by atomic mass is 9.88.